The maximum atomic E-state index is 12.2. The lowest BCUT2D eigenvalue weighted by atomic mass is 10.2. The Morgan fingerprint density at radius 2 is 2.00 bits per heavy atom. The van der Waals surface area contributed by atoms with Crippen molar-refractivity contribution in [1.29, 1.82) is 0 Å². The number of nitrogens with two attached hydrogens (primary N) is 2. The van der Waals surface area contributed by atoms with Crippen LogP contribution in [0.25, 0.3) is 0 Å². The van der Waals surface area contributed by atoms with E-state index in [1.54, 1.807) is 0 Å². The zero-order valence-corrected chi connectivity index (χ0v) is 6.65. The molecule has 0 atom stereocenters. The second-order valence-corrected chi connectivity index (χ2v) is 2.53. The van der Waals surface area contributed by atoms with Gasteiger partial charge in [-0.3, -0.25) is 0 Å². The minimum Gasteiger partial charge on any atom is -0.397 e. The standard InChI is InChI=1S/C6H6ClF2N3/c7-2-1-12-6(11)3(4(2)10)5(8)9/h1,5H,(H4,10,11,12). The fourth-order valence-electron chi connectivity index (χ4n) is 0.761. The first kappa shape index (κ1) is 8.99. The van der Waals surface area contributed by atoms with Crippen LogP contribution in [0.5, 0.6) is 0 Å². The van der Waals surface area contributed by atoms with E-state index in [0.29, 0.717) is 0 Å². The summed E-state index contributed by atoms with van der Waals surface area (Å²) in [5, 5.41) is -0.0144. The number of anilines is 2. The number of alkyl halides is 2. The molecule has 0 aliphatic heterocycles. The van der Waals surface area contributed by atoms with Crippen molar-refractivity contribution in [3.63, 3.8) is 0 Å². The topological polar surface area (TPSA) is 64.9 Å². The number of rotatable bonds is 1. The normalized spacial score (nSPS) is 10.7. The second kappa shape index (κ2) is 3.10. The Balaban J connectivity index is 3.33. The number of pyridine rings is 1. The molecule has 0 aliphatic rings. The van der Waals surface area contributed by atoms with Crippen LogP contribution in [0.2, 0.25) is 5.02 Å². The molecule has 0 aromatic carbocycles. The first-order chi connectivity index (χ1) is 5.54. The lowest BCUT2D eigenvalue weighted by Gasteiger charge is -2.07. The summed E-state index contributed by atoms with van der Waals surface area (Å²) in [6.07, 6.45) is -1.62. The molecule has 1 heterocycles. The molecule has 0 amide bonds. The lowest BCUT2D eigenvalue weighted by Crippen LogP contribution is -2.03. The van der Waals surface area contributed by atoms with Gasteiger partial charge in [-0.25, -0.2) is 13.8 Å². The Bertz CT molecular complexity index is 303. The minimum atomic E-state index is -2.75. The number of nitrogen functional groups attached to an aromatic ring is 2. The summed E-state index contributed by atoms with van der Waals surface area (Å²) < 4.78 is 24.4. The summed E-state index contributed by atoms with van der Waals surface area (Å²) in [6.45, 7) is 0. The number of nitrogens with zero attached hydrogens (tertiary/aromatic N) is 1. The van der Waals surface area contributed by atoms with E-state index in [1.165, 1.54) is 0 Å². The van der Waals surface area contributed by atoms with Gasteiger partial charge < -0.3 is 11.5 Å². The van der Waals surface area contributed by atoms with E-state index in [2.05, 4.69) is 4.98 Å². The molecular formula is C6H6ClF2N3. The molecule has 0 unspecified atom stereocenters. The largest absolute Gasteiger partial charge is 0.397 e. The van der Waals surface area contributed by atoms with Gasteiger partial charge in [0.2, 0.25) is 0 Å². The molecule has 0 fully saturated rings. The van der Waals surface area contributed by atoms with Crippen LogP contribution in [-0.2, 0) is 0 Å². The quantitative estimate of drug-likeness (QED) is 0.715. The molecule has 12 heavy (non-hydrogen) atoms. The number of halogens is 3. The van der Waals surface area contributed by atoms with Gasteiger partial charge in [-0.15, -0.1) is 0 Å². The molecule has 0 saturated heterocycles. The van der Waals surface area contributed by atoms with Gasteiger partial charge in [0.1, 0.15) is 5.82 Å². The molecule has 4 N–H and O–H groups in total. The first-order valence-electron chi connectivity index (χ1n) is 3.01. The van der Waals surface area contributed by atoms with Crippen molar-refractivity contribution < 1.29 is 8.78 Å². The molecule has 0 bridgehead atoms. The third-order valence-electron chi connectivity index (χ3n) is 1.36. The zero-order valence-electron chi connectivity index (χ0n) is 5.89. The van der Waals surface area contributed by atoms with E-state index in [9.17, 15) is 8.78 Å². The van der Waals surface area contributed by atoms with Gasteiger partial charge in [0, 0.05) is 0 Å². The SMILES string of the molecule is Nc1ncc(Cl)c(N)c1C(F)F. The number of hydrogen-bond donors (Lipinski definition) is 2. The molecular weight excluding hydrogens is 188 g/mol. The molecule has 0 spiro atoms. The summed E-state index contributed by atoms with van der Waals surface area (Å²) in [7, 11) is 0. The summed E-state index contributed by atoms with van der Waals surface area (Å²) in [5.41, 5.74) is 9.71. The van der Waals surface area contributed by atoms with Gasteiger partial charge >= 0.3 is 0 Å². The number of aromatic nitrogens is 1. The molecule has 3 nitrogen and oxygen atoms in total. The van der Waals surface area contributed by atoms with E-state index >= 15 is 0 Å². The first-order valence-corrected chi connectivity index (χ1v) is 3.39. The molecule has 6 heteroatoms. The molecule has 66 valence electrons. The van der Waals surface area contributed by atoms with Gasteiger partial charge in [-0.05, 0) is 0 Å². The maximum Gasteiger partial charge on any atom is 0.269 e. The predicted molar refractivity (Wildman–Crippen MR) is 43.0 cm³/mol. The van der Waals surface area contributed by atoms with Crippen LogP contribution in [0.1, 0.15) is 12.0 Å². The summed E-state index contributed by atoms with van der Waals surface area (Å²) in [4.78, 5) is 3.45. The Hall–Kier alpha value is -1.10. The Morgan fingerprint density at radius 3 is 2.42 bits per heavy atom. The Labute approximate surface area is 72.3 Å². The molecule has 0 aliphatic carbocycles. The molecule has 1 aromatic rings. The summed E-state index contributed by atoms with van der Waals surface area (Å²) >= 11 is 5.45. The van der Waals surface area contributed by atoms with Gasteiger partial charge in [0.25, 0.3) is 6.43 Å². The van der Waals surface area contributed by atoms with Crippen molar-refractivity contribution in [2.45, 2.75) is 6.43 Å². The van der Waals surface area contributed by atoms with Gasteiger partial charge in [0.05, 0.1) is 22.5 Å². The maximum absolute atomic E-state index is 12.2. The van der Waals surface area contributed by atoms with Crippen LogP contribution in [0.3, 0.4) is 0 Å². The predicted octanol–water partition coefficient (Wildman–Crippen LogP) is 1.84. The van der Waals surface area contributed by atoms with Crippen LogP contribution < -0.4 is 11.5 Å². The smallest absolute Gasteiger partial charge is 0.269 e. The van der Waals surface area contributed by atoms with Gasteiger partial charge in [-0.2, -0.15) is 0 Å². The van der Waals surface area contributed by atoms with Crippen LogP contribution in [0.4, 0.5) is 20.3 Å². The monoisotopic (exact) mass is 193 g/mol. The number of hydrogen-bond acceptors (Lipinski definition) is 3. The van der Waals surface area contributed by atoms with Crippen molar-refractivity contribution in [1.82, 2.24) is 4.98 Å². The third kappa shape index (κ3) is 1.40. The molecule has 0 radical (unpaired) electrons. The lowest BCUT2D eigenvalue weighted by molar-refractivity contribution is 0.153. The summed E-state index contributed by atoms with van der Waals surface area (Å²) in [6, 6.07) is 0. The van der Waals surface area contributed by atoms with Crippen molar-refractivity contribution in [2.75, 3.05) is 11.5 Å². The van der Waals surface area contributed by atoms with Crippen molar-refractivity contribution in [2.24, 2.45) is 0 Å². The average Bonchev–Trinajstić information content (AvgIpc) is 1.97. The van der Waals surface area contributed by atoms with Crippen molar-refractivity contribution >= 4 is 23.1 Å². The van der Waals surface area contributed by atoms with Crippen LogP contribution in [-0.4, -0.2) is 4.98 Å². The highest BCUT2D eigenvalue weighted by molar-refractivity contribution is 6.33. The molecule has 0 saturated carbocycles. The fraction of sp³-hybridized carbons (Fsp3) is 0.167. The van der Waals surface area contributed by atoms with E-state index in [-0.39, 0.29) is 16.5 Å². The van der Waals surface area contributed by atoms with E-state index < -0.39 is 12.0 Å². The van der Waals surface area contributed by atoms with E-state index in [4.69, 9.17) is 23.1 Å². The Morgan fingerprint density at radius 1 is 1.42 bits per heavy atom. The van der Waals surface area contributed by atoms with Gasteiger partial charge in [0.15, 0.2) is 0 Å². The van der Waals surface area contributed by atoms with Crippen LogP contribution in [0, 0.1) is 0 Å². The Kier molecular flexibility index (Phi) is 2.32. The fourth-order valence-corrected chi connectivity index (χ4v) is 0.912. The van der Waals surface area contributed by atoms with Crippen LogP contribution in [0.15, 0.2) is 6.20 Å². The third-order valence-corrected chi connectivity index (χ3v) is 1.66. The van der Waals surface area contributed by atoms with Crippen LogP contribution >= 0.6 is 11.6 Å². The summed E-state index contributed by atoms with van der Waals surface area (Å²) in [5.74, 6) is -0.285. The van der Waals surface area contributed by atoms with E-state index in [0.717, 1.165) is 6.20 Å². The second-order valence-electron chi connectivity index (χ2n) is 2.12. The highest BCUT2D eigenvalue weighted by Gasteiger charge is 2.17. The highest BCUT2D eigenvalue weighted by atomic mass is 35.5. The average molecular weight is 194 g/mol. The highest BCUT2D eigenvalue weighted by Crippen LogP contribution is 2.33. The zero-order chi connectivity index (χ0) is 9.30. The van der Waals surface area contributed by atoms with Crippen molar-refractivity contribution in [3.8, 4) is 0 Å². The van der Waals surface area contributed by atoms with Gasteiger partial charge in [-0.1, -0.05) is 11.6 Å². The van der Waals surface area contributed by atoms with Crippen molar-refractivity contribution in [3.05, 3.63) is 16.8 Å². The minimum absolute atomic E-state index is 0.0144. The molecule has 1 rings (SSSR count). The molecule has 1 aromatic heterocycles. The van der Waals surface area contributed by atoms with E-state index in [1.807, 2.05) is 0 Å².